The van der Waals surface area contributed by atoms with Crippen LogP contribution in [0.5, 0.6) is 0 Å². The average Bonchev–Trinajstić information content (AvgIpc) is 3.01. The Balaban J connectivity index is 2.18. The van der Waals surface area contributed by atoms with E-state index in [1.54, 1.807) is 13.8 Å². The Labute approximate surface area is 185 Å². The molecule has 1 aromatic rings. The quantitative estimate of drug-likeness (QED) is 0.153. The fourth-order valence-electron chi connectivity index (χ4n) is 2.58. The Morgan fingerprint density at radius 2 is 1.82 bits per heavy atom. The van der Waals surface area contributed by atoms with Crippen LogP contribution >= 0.6 is 23.5 Å². The zero-order valence-corrected chi connectivity index (χ0v) is 20.0. The van der Waals surface area contributed by atoms with Crippen LogP contribution in [-0.4, -0.2) is 53.7 Å². The van der Waals surface area contributed by atoms with Gasteiger partial charge in [0, 0.05) is 18.2 Å². The molecule has 0 bridgehead atoms. The lowest BCUT2D eigenvalue weighted by molar-refractivity contribution is -0.0605. The molecule has 2 heterocycles. The first-order chi connectivity index (χ1) is 15.0. The van der Waals surface area contributed by atoms with E-state index in [9.17, 15) is 33.1 Å². The molecular formula is C13H22N3O14P3. The maximum Gasteiger partial charge on any atom is 0.490 e. The van der Waals surface area contributed by atoms with E-state index in [-0.39, 0.29) is 12.0 Å². The van der Waals surface area contributed by atoms with E-state index in [0.717, 1.165) is 4.57 Å². The van der Waals surface area contributed by atoms with Crippen LogP contribution in [0.3, 0.4) is 0 Å². The summed E-state index contributed by atoms with van der Waals surface area (Å²) in [4.78, 5) is 67.1. The zero-order valence-electron chi connectivity index (χ0n) is 17.3. The number of hydrogen-bond acceptors (Lipinski definition) is 11. The second kappa shape index (κ2) is 10.4. The van der Waals surface area contributed by atoms with Gasteiger partial charge in [-0.1, -0.05) is 5.16 Å². The first-order valence-electron chi connectivity index (χ1n) is 8.91. The van der Waals surface area contributed by atoms with E-state index in [1.807, 2.05) is 0 Å². The van der Waals surface area contributed by atoms with Crippen LogP contribution in [0.1, 0.15) is 32.1 Å². The highest BCUT2D eigenvalue weighted by atomic mass is 31.3. The van der Waals surface area contributed by atoms with Gasteiger partial charge in [0.2, 0.25) is 0 Å². The minimum Gasteiger partial charge on any atom is -0.389 e. The van der Waals surface area contributed by atoms with Crippen molar-refractivity contribution in [3.8, 4) is 0 Å². The molecule has 5 atom stereocenters. The SMILES string of the molecule is CC(C)=NO[C@H]1C[C@H](n2cc(C)c(=O)[nH]c2=O)O[C@@H]1COP(=O)(O)OP(=O)(O)OP(=O)(O)O. The zero-order chi connectivity index (χ0) is 25.2. The summed E-state index contributed by atoms with van der Waals surface area (Å²) in [6, 6.07) is 0. The number of oxime groups is 1. The van der Waals surface area contributed by atoms with Crippen molar-refractivity contribution in [3.63, 3.8) is 0 Å². The van der Waals surface area contributed by atoms with Gasteiger partial charge >= 0.3 is 29.2 Å². The van der Waals surface area contributed by atoms with Crippen molar-refractivity contribution in [2.75, 3.05) is 6.61 Å². The third kappa shape index (κ3) is 8.67. The number of nitrogens with zero attached hydrogens (tertiary/aromatic N) is 2. The normalized spacial score (nSPS) is 24.6. The summed E-state index contributed by atoms with van der Waals surface area (Å²) in [6.07, 6.45) is -1.92. The second-order valence-corrected chi connectivity index (χ2v) is 11.3. The molecule has 0 aromatic carbocycles. The van der Waals surface area contributed by atoms with Gasteiger partial charge in [0.05, 0.1) is 12.3 Å². The topological polar surface area (TPSA) is 245 Å². The maximum atomic E-state index is 12.1. The van der Waals surface area contributed by atoms with Gasteiger partial charge in [-0.25, -0.2) is 18.5 Å². The minimum atomic E-state index is -5.69. The molecule has 2 rings (SSSR count). The molecule has 1 aromatic heterocycles. The highest BCUT2D eigenvalue weighted by molar-refractivity contribution is 7.66. The number of phosphoric ester groups is 1. The number of phosphoric acid groups is 3. The number of hydrogen-bond donors (Lipinski definition) is 5. The van der Waals surface area contributed by atoms with Gasteiger partial charge in [-0.15, -0.1) is 0 Å². The van der Waals surface area contributed by atoms with Gasteiger partial charge in [0.15, 0.2) is 6.10 Å². The molecule has 0 saturated carbocycles. The van der Waals surface area contributed by atoms with Crippen molar-refractivity contribution in [1.29, 1.82) is 0 Å². The Morgan fingerprint density at radius 1 is 1.18 bits per heavy atom. The lowest BCUT2D eigenvalue weighted by atomic mass is 10.2. The molecule has 1 saturated heterocycles. The molecule has 0 spiro atoms. The van der Waals surface area contributed by atoms with Gasteiger partial charge in [-0.05, 0) is 20.8 Å². The van der Waals surface area contributed by atoms with Gasteiger partial charge in [0.25, 0.3) is 5.56 Å². The van der Waals surface area contributed by atoms with Gasteiger partial charge in [-0.3, -0.25) is 18.9 Å². The molecule has 33 heavy (non-hydrogen) atoms. The molecule has 1 aliphatic heterocycles. The van der Waals surface area contributed by atoms with E-state index >= 15 is 0 Å². The molecule has 20 heteroatoms. The van der Waals surface area contributed by atoms with Crippen molar-refractivity contribution in [2.24, 2.45) is 5.16 Å². The van der Waals surface area contributed by atoms with E-state index in [0.29, 0.717) is 5.71 Å². The van der Waals surface area contributed by atoms with Crippen LogP contribution in [0.15, 0.2) is 20.9 Å². The number of rotatable bonds is 10. The molecule has 0 amide bonds. The first kappa shape index (κ1) is 27.8. The molecule has 188 valence electrons. The fraction of sp³-hybridized carbons (Fsp3) is 0.615. The van der Waals surface area contributed by atoms with Crippen LogP contribution in [0, 0.1) is 6.92 Å². The third-order valence-electron chi connectivity index (χ3n) is 3.83. The van der Waals surface area contributed by atoms with Crippen LogP contribution in [-0.2, 0) is 36.4 Å². The number of aryl methyl sites for hydroxylation is 1. The summed E-state index contributed by atoms with van der Waals surface area (Å²) in [6.45, 7) is 3.88. The number of H-pyrrole nitrogens is 1. The van der Waals surface area contributed by atoms with Crippen LogP contribution in [0.25, 0.3) is 0 Å². The average molecular weight is 537 g/mol. The molecule has 1 aliphatic rings. The Bertz CT molecular complexity index is 1150. The van der Waals surface area contributed by atoms with Gasteiger partial charge in [-0.2, -0.15) is 8.62 Å². The largest absolute Gasteiger partial charge is 0.490 e. The fourth-order valence-corrected chi connectivity index (χ4v) is 5.61. The molecule has 2 unspecified atom stereocenters. The Morgan fingerprint density at radius 3 is 2.39 bits per heavy atom. The number of nitrogens with one attached hydrogen (secondary N) is 1. The molecule has 0 aliphatic carbocycles. The van der Waals surface area contributed by atoms with Crippen molar-refractivity contribution in [2.45, 2.75) is 45.6 Å². The number of ether oxygens (including phenoxy) is 1. The standard InChI is InChI=1S/C13H22N3O14P3/c1-7(2)15-28-9-4-11(16-5-8(3)12(17)14-13(16)18)27-10(9)6-26-32(22,23)30-33(24,25)29-31(19,20)21/h5,9-11H,4,6H2,1-3H3,(H,22,23)(H,24,25)(H,14,17,18)(H2,19,20,21)/t9-,10+,11+/m0/s1. The lowest BCUT2D eigenvalue weighted by Crippen LogP contribution is -2.33. The van der Waals surface area contributed by atoms with Gasteiger partial charge < -0.3 is 29.1 Å². The summed E-state index contributed by atoms with van der Waals surface area (Å²) in [7, 11) is -16.6. The Hall–Kier alpha value is -1.48. The number of aromatic amines is 1. The van der Waals surface area contributed by atoms with E-state index in [2.05, 4.69) is 23.3 Å². The Kier molecular flexibility index (Phi) is 8.77. The van der Waals surface area contributed by atoms with Crippen LogP contribution in [0.4, 0.5) is 0 Å². The van der Waals surface area contributed by atoms with Crippen LogP contribution < -0.4 is 11.2 Å². The highest BCUT2D eigenvalue weighted by Crippen LogP contribution is 2.66. The first-order valence-corrected chi connectivity index (χ1v) is 13.4. The lowest BCUT2D eigenvalue weighted by Gasteiger charge is -2.20. The molecule has 17 nitrogen and oxygen atoms in total. The van der Waals surface area contributed by atoms with Crippen LogP contribution in [0.2, 0.25) is 0 Å². The smallest absolute Gasteiger partial charge is 0.389 e. The number of aromatic nitrogens is 2. The van der Waals surface area contributed by atoms with Crippen molar-refractivity contribution >= 4 is 29.2 Å². The maximum absolute atomic E-state index is 12.1. The van der Waals surface area contributed by atoms with Crippen molar-refractivity contribution in [1.82, 2.24) is 9.55 Å². The monoisotopic (exact) mass is 537 g/mol. The van der Waals surface area contributed by atoms with E-state index in [4.69, 9.17) is 19.4 Å². The van der Waals surface area contributed by atoms with E-state index < -0.39 is 59.8 Å². The van der Waals surface area contributed by atoms with Crippen molar-refractivity contribution < 1.29 is 56.0 Å². The summed E-state index contributed by atoms with van der Waals surface area (Å²) in [5.74, 6) is 0. The molecular weight excluding hydrogens is 515 g/mol. The summed E-state index contributed by atoms with van der Waals surface area (Å²) < 4.78 is 52.6. The molecule has 5 N–H and O–H groups in total. The summed E-state index contributed by atoms with van der Waals surface area (Å²) in [5, 5.41) is 3.77. The minimum absolute atomic E-state index is 0.0212. The molecule has 1 fully saturated rings. The van der Waals surface area contributed by atoms with E-state index in [1.165, 1.54) is 13.1 Å². The second-order valence-electron chi connectivity index (χ2n) is 6.91. The molecule has 0 radical (unpaired) electrons. The third-order valence-corrected chi connectivity index (χ3v) is 7.63. The van der Waals surface area contributed by atoms with Gasteiger partial charge in [0.1, 0.15) is 12.3 Å². The predicted molar refractivity (Wildman–Crippen MR) is 108 cm³/mol. The summed E-state index contributed by atoms with van der Waals surface area (Å²) >= 11 is 0. The predicted octanol–water partition coefficient (Wildman–Crippen LogP) is 0.257. The van der Waals surface area contributed by atoms with Crippen molar-refractivity contribution in [3.05, 3.63) is 32.6 Å². The summed E-state index contributed by atoms with van der Waals surface area (Å²) in [5.41, 5.74) is -0.688. The highest BCUT2D eigenvalue weighted by Gasteiger charge is 2.44.